The highest BCUT2D eigenvalue weighted by atomic mass is 35.5. The summed E-state index contributed by atoms with van der Waals surface area (Å²) >= 11 is 6.19. The zero-order valence-electron chi connectivity index (χ0n) is 20.4. The summed E-state index contributed by atoms with van der Waals surface area (Å²) in [7, 11) is 1.55. The molecule has 13 heteroatoms. The van der Waals surface area contributed by atoms with Gasteiger partial charge in [-0.1, -0.05) is 17.7 Å². The molecule has 5 rings (SSSR count). The molecule has 0 saturated carbocycles. The molecule has 0 bridgehead atoms. The number of nitrogens with zero attached hydrogens (tertiary/aromatic N) is 5. The Bertz CT molecular complexity index is 1350. The van der Waals surface area contributed by atoms with E-state index in [0.29, 0.717) is 54.6 Å². The van der Waals surface area contributed by atoms with E-state index in [9.17, 15) is 19.1 Å². The molecule has 3 aliphatic rings. The van der Waals surface area contributed by atoms with Crippen LogP contribution in [0.4, 0.5) is 26.2 Å². The van der Waals surface area contributed by atoms with Crippen molar-refractivity contribution >= 4 is 40.5 Å². The van der Waals surface area contributed by atoms with Crippen LogP contribution in [0.5, 0.6) is 5.75 Å². The maximum Gasteiger partial charge on any atom is 0.407 e. The number of hydrogen-bond acceptors (Lipinski definition) is 9. The number of para-hydroxylation sites is 1. The van der Waals surface area contributed by atoms with Gasteiger partial charge < -0.3 is 25.0 Å². The molecule has 0 unspecified atom stereocenters. The molecule has 3 N–H and O–H groups in total. The smallest absolute Gasteiger partial charge is 0.407 e. The van der Waals surface area contributed by atoms with Crippen molar-refractivity contribution in [2.24, 2.45) is 10.2 Å². The monoisotopic (exact) mass is 541 g/mol. The number of carbonyl (C=O) groups excluding carboxylic acids is 1. The van der Waals surface area contributed by atoms with Gasteiger partial charge in [0.1, 0.15) is 29.5 Å². The highest BCUT2D eigenvalue weighted by molar-refractivity contribution is 6.33. The van der Waals surface area contributed by atoms with Crippen molar-refractivity contribution < 1.29 is 23.8 Å². The maximum absolute atomic E-state index is 14.4. The molecule has 0 aromatic heterocycles. The molecule has 2 aromatic rings. The number of azo groups is 1. The lowest BCUT2D eigenvalue weighted by Gasteiger charge is -2.35. The molecule has 1 saturated heterocycles. The number of allylic oxidation sites excluding steroid dienone is 1. The van der Waals surface area contributed by atoms with Gasteiger partial charge in [0.05, 0.1) is 35.6 Å². The van der Waals surface area contributed by atoms with Gasteiger partial charge in [-0.25, -0.2) is 9.18 Å². The Morgan fingerprint density at radius 2 is 1.97 bits per heavy atom. The van der Waals surface area contributed by atoms with Crippen LogP contribution in [0.1, 0.15) is 0 Å². The van der Waals surface area contributed by atoms with Gasteiger partial charge >= 0.3 is 6.09 Å². The van der Waals surface area contributed by atoms with Crippen LogP contribution >= 0.6 is 11.6 Å². The molecule has 0 radical (unpaired) electrons. The van der Waals surface area contributed by atoms with Crippen molar-refractivity contribution in [1.82, 2.24) is 9.91 Å². The zero-order valence-corrected chi connectivity index (χ0v) is 21.2. The summed E-state index contributed by atoms with van der Waals surface area (Å²) in [5.74, 6) is -0.180. The highest BCUT2D eigenvalue weighted by Gasteiger charge is 2.30. The largest absolute Gasteiger partial charge is 0.494 e. The number of ketones is 1. The van der Waals surface area contributed by atoms with E-state index in [0.717, 1.165) is 5.69 Å². The van der Waals surface area contributed by atoms with Crippen LogP contribution < -0.4 is 20.4 Å². The van der Waals surface area contributed by atoms with Gasteiger partial charge in [-0.3, -0.25) is 15.2 Å². The summed E-state index contributed by atoms with van der Waals surface area (Å²) in [6.45, 7) is 2.05. The fraction of sp³-hybridized carbons (Fsp3) is 0.280. The third-order valence-electron chi connectivity index (χ3n) is 6.44. The number of benzene rings is 2. The number of Topliss-reactive ketones (excluding diaryl/α,β-unsaturated/α-hetero) is 1. The summed E-state index contributed by atoms with van der Waals surface area (Å²) in [5, 5.41) is 22.3. The Morgan fingerprint density at radius 1 is 1.18 bits per heavy atom. The van der Waals surface area contributed by atoms with Crippen LogP contribution in [-0.4, -0.2) is 73.3 Å². The number of anilines is 3. The van der Waals surface area contributed by atoms with E-state index in [1.165, 1.54) is 17.0 Å². The van der Waals surface area contributed by atoms with Crippen molar-refractivity contribution in [2.45, 2.75) is 0 Å². The predicted octanol–water partition coefficient (Wildman–Crippen LogP) is 4.17. The van der Waals surface area contributed by atoms with Crippen LogP contribution in [-0.2, 0) is 4.79 Å². The van der Waals surface area contributed by atoms with Gasteiger partial charge in [-0.05, 0) is 24.3 Å². The fourth-order valence-corrected chi connectivity index (χ4v) is 4.73. The van der Waals surface area contributed by atoms with Gasteiger partial charge in [0.15, 0.2) is 5.78 Å². The number of piperazine rings is 1. The maximum atomic E-state index is 14.4. The normalized spacial score (nSPS) is 17.3. The van der Waals surface area contributed by atoms with Crippen LogP contribution in [0, 0.1) is 5.82 Å². The number of carboxylic acid groups (broad SMARTS) is 1. The minimum atomic E-state index is -0.921. The van der Waals surface area contributed by atoms with E-state index in [4.69, 9.17) is 16.3 Å². The molecule has 0 spiro atoms. The van der Waals surface area contributed by atoms with E-state index in [1.807, 2.05) is 18.2 Å². The number of methoxy groups -OCH3 is 1. The number of nitrogens with one attached hydrogen (secondary N) is 2. The number of fused-ring (bicyclic) bond motifs is 1. The first kappa shape index (κ1) is 25.3. The second-order valence-corrected chi connectivity index (χ2v) is 9.20. The van der Waals surface area contributed by atoms with Crippen molar-refractivity contribution in [3.05, 3.63) is 70.4 Å². The van der Waals surface area contributed by atoms with Crippen LogP contribution in [0.2, 0.25) is 5.02 Å². The lowest BCUT2D eigenvalue weighted by atomic mass is 10.0. The average Bonchev–Trinajstić information content (AvgIpc) is 2.91. The molecule has 1 fully saturated rings. The molecular formula is C25H25ClFN7O4. The van der Waals surface area contributed by atoms with E-state index in [-0.39, 0.29) is 29.6 Å². The Balaban J connectivity index is 1.40. The van der Waals surface area contributed by atoms with Gasteiger partial charge in [0, 0.05) is 44.1 Å². The van der Waals surface area contributed by atoms with Gasteiger partial charge in [-0.15, -0.1) is 0 Å². The van der Waals surface area contributed by atoms with E-state index in [1.54, 1.807) is 24.4 Å². The SMILES string of the molecule is COc1cc(N2CCN(C(=O)O)CC2)ccc1NC1=C2C(=O)CN=NC2=CN(Nc2c(F)cccc2Cl)C1. The molecule has 38 heavy (non-hydrogen) atoms. The van der Waals surface area contributed by atoms with E-state index >= 15 is 0 Å². The highest BCUT2D eigenvalue weighted by Crippen LogP contribution is 2.35. The summed E-state index contributed by atoms with van der Waals surface area (Å²) in [6, 6.07) is 9.98. The first-order valence-corrected chi connectivity index (χ1v) is 12.2. The van der Waals surface area contributed by atoms with Gasteiger partial charge in [-0.2, -0.15) is 10.2 Å². The number of hydrogen-bond donors (Lipinski definition) is 3. The van der Waals surface area contributed by atoms with Crippen molar-refractivity contribution in [3.8, 4) is 5.75 Å². The van der Waals surface area contributed by atoms with Crippen molar-refractivity contribution in [1.29, 1.82) is 0 Å². The zero-order chi connectivity index (χ0) is 26.8. The average molecular weight is 542 g/mol. The molecule has 11 nitrogen and oxygen atoms in total. The summed E-state index contributed by atoms with van der Waals surface area (Å²) < 4.78 is 20.1. The van der Waals surface area contributed by atoms with Gasteiger partial charge in [0.2, 0.25) is 0 Å². The number of carbonyl (C=O) groups is 2. The van der Waals surface area contributed by atoms with Crippen molar-refractivity contribution in [2.75, 3.05) is 62.0 Å². The lowest BCUT2D eigenvalue weighted by molar-refractivity contribution is -0.114. The molecular weight excluding hydrogens is 517 g/mol. The number of rotatable bonds is 6. The molecule has 3 heterocycles. The standard InChI is InChI=1S/C25H25ClFN7O4/c1-38-22-11-15(32-7-9-33(10-8-32)25(36)37)5-6-18(22)29-19-13-34(14-20-23(19)21(35)12-28-30-20)31-24-16(26)3-2-4-17(24)27/h2-6,11,14,29,31H,7-10,12-13H2,1H3,(H,36,37). The minimum Gasteiger partial charge on any atom is -0.494 e. The number of ether oxygens (including phenoxy) is 1. The summed E-state index contributed by atoms with van der Waals surface area (Å²) in [4.78, 5) is 27.5. The minimum absolute atomic E-state index is 0.0666. The molecule has 2 aromatic carbocycles. The van der Waals surface area contributed by atoms with E-state index < -0.39 is 11.9 Å². The summed E-state index contributed by atoms with van der Waals surface area (Å²) in [6.07, 6.45) is 0.663. The second-order valence-electron chi connectivity index (χ2n) is 8.79. The fourth-order valence-electron chi connectivity index (χ4n) is 4.52. The van der Waals surface area contributed by atoms with Gasteiger partial charge in [0.25, 0.3) is 0 Å². The Labute approximate surface area is 222 Å². The number of hydrazine groups is 1. The quantitative estimate of drug-likeness (QED) is 0.498. The topological polar surface area (TPSA) is 122 Å². The lowest BCUT2D eigenvalue weighted by Crippen LogP contribution is -2.48. The van der Waals surface area contributed by atoms with Crippen molar-refractivity contribution in [3.63, 3.8) is 0 Å². The third-order valence-corrected chi connectivity index (χ3v) is 6.76. The third kappa shape index (κ3) is 5.07. The first-order valence-electron chi connectivity index (χ1n) is 11.9. The molecule has 1 amide bonds. The first-order chi connectivity index (χ1) is 18.3. The van der Waals surface area contributed by atoms with Crippen LogP contribution in [0.25, 0.3) is 0 Å². The van der Waals surface area contributed by atoms with E-state index in [2.05, 4.69) is 25.9 Å². The van der Waals surface area contributed by atoms with Crippen LogP contribution in [0.3, 0.4) is 0 Å². The predicted molar refractivity (Wildman–Crippen MR) is 140 cm³/mol. The Morgan fingerprint density at radius 3 is 2.68 bits per heavy atom. The molecule has 0 atom stereocenters. The van der Waals surface area contributed by atoms with Crippen LogP contribution in [0.15, 0.2) is 69.8 Å². The molecule has 3 aliphatic heterocycles. The Kier molecular flexibility index (Phi) is 7.05. The number of amides is 1. The Hall–Kier alpha value is -4.32. The molecule has 0 aliphatic carbocycles. The molecule has 198 valence electrons. The second kappa shape index (κ2) is 10.6. The summed E-state index contributed by atoms with van der Waals surface area (Å²) in [5.41, 5.74) is 5.82. The number of halogens is 2.